The van der Waals surface area contributed by atoms with Crippen LogP contribution in [0.1, 0.15) is 31.0 Å². The van der Waals surface area contributed by atoms with E-state index in [1.54, 1.807) is 17.9 Å². The van der Waals surface area contributed by atoms with E-state index >= 15 is 0 Å². The highest BCUT2D eigenvalue weighted by Crippen LogP contribution is 2.21. The van der Waals surface area contributed by atoms with Gasteiger partial charge in [0.15, 0.2) is 0 Å². The Hall–Kier alpha value is -1.86. The maximum atomic E-state index is 11.8. The Balaban J connectivity index is 2.52. The number of amides is 2. The van der Waals surface area contributed by atoms with Crippen molar-refractivity contribution in [2.45, 2.75) is 33.2 Å². The van der Waals surface area contributed by atoms with Crippen LogP contribution < -0.4 is 10.6 Å². The second-order valence-corrected chi connectivity index (χ2v) is 5.62. The Bertz CT molecular complexity index is 584. The second-order valence-electron chi connectivity index (χ2n) is 5.26. The van der Waals surface area contributed by atoms with Crippen LogP contribution in [0.15, 0.2) is 6.08 Å². The van der Waals surface area contributed by atoms with E-state index in [0.29, 0.717) is 23.9 Å². The van der Waals surface area contributed by atoms with Crippen molar-refractivity contribution in [3.05, 3.63) is 22.5 Å². The molecule has 0 aliphatic heterocycles. The average molecular weight is 357 g/mol. The van der Waals surface area contributed by atoms with E-state index in [9.17, 15) is 9.59 Å². The molecule has 2 N–H and O–H groups in total. The van der Waals surface area contributed by atoms with Gasteiger partial charge < -0.3 is 15.4 Å². The number of ether oxygens (including phenoxy) is 1. The van der Waals surface area contributed by atoms with E-state index in [0.717, 1.165) is 25.1 Å². The zero-order valence-electron chi connectivity index (χ0n) is 14.4. The maximum Gasteiger partial charge on any atom is 0.244 e. The Labute approximate surface area is 147 Å². The van der Waals surface area contributed by atoms with Gasteiger partial charge in [0.05, 0.1) is 18.8 Å². The first kappa shape index (κ1) is 20.2. The van der Waals surface area contributed by atoms with Crippen molar-refractivity contribution in [3.63, 3.8) is 0 Å². The van der Waals surface area contributed by atoms with Gasteiger partial charge in [-0.05, 0) is 19.4 Å². The van der Waals surface area contributed by atoms with Crippen molar-refractivity contribution in [1.29, 1.82) is 0 Å². The van der Waals surface area contributed by atoms with Gasteiger partial charge in [0.2, 0.25) is 11.8 Å². The van der Waals surface area contributed by atoms with Crippen LogP contribution in [-0.4, -0.2) is 48.4 Å². The molecule has 0 atom stereocenters. The first-order chi connectivity index (χ1) is 11.5. The maximum absolute atomic E-state index is 11.8. The van der Waals surface area contributed by atoms with Crippen molar-refractivity contribution in [2.75, 3.05) is 26.8 Å². The number of hydrogen-bond acceptors (Lipinski definition) is 4. The lowest BCUT2D eigenvalue weighted by atomic mass is 10.2. The lowest BCUT2D eigenvalue weighted by Crippen LogP contribution is -2.37. The second kappa shape index (κ2) is 10.8. The third kappa shape index (κ3) is 6.72. The number of halogens is 1. The number of nitrogens with one attached hydrogen (secondary N) is 2. The van der Waals surface area contributed by atoms with E-state index < -0.39 is 0 Å². The van der Waals surface area contributed by atoms with Crippen molar-refractivity contribution >= 4 is 29.5 Å². The smallest absolute Gasteiger partial charge is 0.244 e. The molecule has 0 aliphatic carbocycles. The minimum Gasteiger partial charge on any atom is -0.383 e. The van der Waals surface area contributed by atoms with E-state index in [-0.39, 0.29) is 18.4 Å². The summed E-state index contributed by atoms with van der Waals surface area (Å²) >= 11 is 6.29. The molecule has 0 unspecified atom stereocenters. The summed E-state index contributed by atoms with van der Waals surface area (Å²) in [5.41, 5.74) is 1.48. The fourth-order valence-electron chi connectivity index (χ4n) is 1.95. The molecule has 0 spiro atoms. The number of carbonyl (C=O) groups excluding carboxylic acids is 2. The number of methoxy groups -OCH3 is 1. The lowest BCUT2D eigenvalue weighted by molar-refractivity contribution is -0.124. The number of carbonyl (C=O) groups is 2. The number of nitrogens with zero attached hydrogens (tertiary/aromatic N) is 2. The lowest BCUT2D eigenvalue weighted by Gasteiger charge is -2.04. The molecule has 2 amide bonds. The largest absolute Gasteiger partial charge is 0.383 e. The molecule has 0 aromatic carbocycles. The van der Waals surface area contributed by atoms with E-state index in [1.807, 2.05) is 6.92 Å². The van der Waals surface area contributed by atoms with Gasteiger partial charge in [-0.25, -0.2) is 0 Å². The van der Waals surface area contributed by atoms with E-state index in [1.165, 1.54) is 6.08 Å². The summed E-state index contributed by atoms with van der Waals surface area (Å²) in [5.74, 6) is -0.635. The normalized spacial score (nSPS) is 11.0. The third-order valence-electron chi connectivity index (χ3n) is 3.29. The molecule has 0 saturated carbocycles. The Morgan fingerprint density at radius 1 is 1.38 bits per heavy atom. The van der Waals surface area contributed by atoms with Gasteiger partial charge in [-0.2, -0.15) is 5.10 Å². The minimum absolute atomic E-state index is 0.0879. The monoisotopic (exact) mass is 356 g/mol. The predicted octanol–water partition coefficient (Wildman–Crippen LogP) is 1.54. The first-order valence-corrected chi connectivity index (χ1v) is 8.31. The van der Waals surface area contributed by atoms with Gasteiger partial charge in [0, 0.05) is 31.8 Å². The van der Waals surface area contributed by atoms with Gasteiger partial charge in [-0.3, -0.25) is 14.3 Å². The van der Waals surface area contributed by atoms with Gasteiger partial charge >= 0.3 is 0 Å². The molecule has 8 heteroatoms. The fourth-order valence-corrected chi connectivity index (χ4v) is 2.27. The predicted molar refractivity (Wildman–Crippen MR) is 93.8 cm³/mol. The summed E-state index contributed by atoms with van der Waals surface area (Å²) in [6.45, 7) is 5.44. The fraction of sp³-hybridized carbons (Fsp3) is 0.562. The summed E-state index contributed by atoms with van der Waals surface area (Å²) in [6, 6.07) is 0. The number of unbranched alkanes of at least 4 members (excludes halogenated alkanes) is 1. The highest BCUT2D eigenvalue weighted by Gasteiger charge is 2.11. The molecule has 0 radical (unpaired) electrons. The van der Waals surface area contributed by atoms with Crippen LogP contribution in [0.25, 0.3) is 6.08 Å². The highest BCUT2D eigenvalue weighted by atomic mass is 35.5. The molecule has 0 fully saturated rings. The quantitative estimate of drug-likeness (QED) is 0.492. The van der Waals surface area contributed by atoms with Crippen LogP contribution in [0.5, 0.6) is 0 Å². The zero-order valence-corrected chi connectivity index (χ0v) is 15.2. The van der Waals surface area contributed by atoms with E-state index in [4.69, 9.17) is 16.3 Å². The van der Waals surface area contributed by atoms with Crippen molar-refractivity contribution in [1.82, 2.24) is 20.4 Å². The summed E-state index contributed by atoms with van der Waals surface area (Å²) in [6.07, 6.45) is 5.01. The summed E-state index contributed by atoms with van der Waals surface area (Å²) < 4.78 is 6.56. The molecular weight excluding hydrogens is 332 g/mol. The molecular formula is C16H25ClN4O3. The summed E-state index contributed by atoms with van der Waals surface area (Å²) in [4.78, 5) is 23.2. The number of hydrogen-bond donors (Lipinski definition) is 2. The molecule has 1 aromatic heterocycles. The Morgan fingerprint density at radius 2 is 2.12 bits per heavy atom. The van der Waals surface area contributed by atoms with Crippen molar-refractivity contribution < 1.29 is 14.3 Å². The third-order valence-corrected chi connectivity index (χ3v) is 3.68. The molecule has 7 nitrogen and oxygen atoms in total. The van der Waals surface area contributed by atoms with Crippen LogP contribution in [-0.2, 0) is 20.9 Å². The Kier molecular flexibility index (Phi) is 9.11. The molecule has 24 heavy (non-hydrogen) atoms. The minimum atomic E-state index is -0.367. The molecule has 0 bridgehead atoms. The topological polar surface area (TPSA) is 85.2 Å². The highest BCUT2D eigenvalue weighted by molar-refractivity contribution is 6.31. The van der Waals surface area contributed by atoms with E-state index in [2.05, 4.69) is 22.7 Å². The van der Waals surface area contributed by atoms with Crippen LogP contribution in [0.2, 0.25) is 5.15 Å². The van der Waals surface area contributed by atoms with Crippen LogP contribution >= 0.6 is 11.6 Å². The molecule has 134 valence electrons. The molecule has 0 saturated heterocycles. The Morgan fingerprint density at radius 3 is 2.79 bits per heavy atom. The van der Waals surface area contributed by atoms with Crippen molar-refractivity contribution in [2.24, 2.45) is 0 Å². The van der Waals surface area contributed by atoms with Crippen LogP contribution in [0.4, 0.5) is 0 Å². The molecule has 1 heterocycles. The standard InChI is InChI=1S/C16H25ClN4O3/c1-4-5-9-21-16(17)13(12(2)20-21)6-7-14(22)19-11-15(23)18-8-10-24-3/h6-7H,4-5,8-11H2,1-3H3,(H,18,23)(H,19,22)/b7-6+. The zero-order chi connectivity index (χ0) is 17.9. The van der Waals surface area contributed by atoms with Crippen LogP contribution in [0.3, 0.4) is 0 Å². The average Bonchev–Trinajstić information content (AvgIpc) is 2.83. The molecule has 1 aromatic rings. The summed E-state index contributed by atoms with van der Waals surface area (Å²) in [5, 5.41) is 10.0. The first-order valence-electron chi connectivity index (χ1n) is 7.94. The van der Waals surface area contributed by atoms with Gasteiger partial charge in [0.1, 0.15) is 5.15 Å². The molecule has 0 aliphatic rings. The summed E-state index contributed by atoms with van der Waals surface area (Å²) in [7, 11) is 1.55. The number of rotatable bonds is 10. The van der Waals surface area contributed by atoms with Gasteiger partial charge in [0.25, 0.3) is 0 Å². The SMILES string of the molecule is CCCCn1nc(C)c(/C=C/C(=O)NCC(=O)NCCOC)c1Cl. The number of aryl methyl sites for hydroxylation is 2. The van der Waals surface area contributed by atoms with Gasteiger partial charge in [-0.1, -0.05) is 24.9 Å². The molecule has 1 rings (SSSR count). The number of aromatic nitrogens is 2. The van der Waals surface area contributed by atoms with Crippen LogP contribution in [0, 0.1) is 6.92 Å². The van der Waals surface area contributed by atoms with Gasteiger partial charge in [-0.15, -0.1) is 0 Å². The van der Waals surface area contributed by atoms with Crippen molar-refractivity contribution in [3.8, 4) is 0 Å².